The van der Waals surface area contributed by atoms with Crippen molar-refractivity contribution in [3.8, 4) is 0 Å². The van der Waals surface area contributed by atoms with Crippen LogP contribution in [-0.4, -0.2) is 37.2 Å². The number of carbonyl (C=O) groups excluding carboxylic acids is 3. The van der Waals surface area contributed by atoms with Crippen molar-refractivity contribution in [3.63, 3.8) is 0 Å². The molecule has 0 rings (SSSR count). The summed E-state index contributed by atoms with van der Waals surface area (Å²) in [5.74, 6) is -0.943. The second-order valence-electron chi connectivity index (χ2n) is 18.4. The van der Waals surface area contributed by atoms with Gasteiger partial charge in [0.2, 0.25) is 0 Å². The second kappa shape index (κ2) is 57.4. The van der Waals surface area contributed by atoms with E-state index in [1.165, 1.54) is 44.9 Å². The first-order chi connectivity index (χ1) is 34.5. The van der Waals surface area contributed by atoms with Gasteiger partial charge in [0.05, 0.1) is 0 Å². The Morgan fingerprint density at radius 3 is 0.871 bits per heavy atom. The van der Waals surface area contributed by atoms with Gasteiger partial charge in [-0.15, -0.1) is 0 Å². The number of hydrogen-bond acceptors (Lipinski definition) is 6. The highest BCUT2D eigenvalue weighted by atomic mass is 16.6. The van der Waals surface area contributed by atoms with Gasteiger partial charge in [-0.1, -0.05) is 226 Å². The van der Waals surface area contributed by atoms with Crippen LogP contribution in [0, 0.1) is 0 Å². The van der Waals surface area contributed by atoms with Crippen LogP contribution < -0.4 is 0 Å². The maximum atomic E-state index is 12.9. The maximum Gasteiger partial charge on any atom is 0.306 e. The van der Waals surface area contributed by atoms with Gasteiger partial charge >= 0.3 is 17.9 Å². The van der Waals surface area contributed by atoms with Crippen molar-refractivity contribution in [3.05, 3.63) is 122 Å². The van der Waals surface area contributed by atoms with Gasteiger partial charge in [0.25, 0.3) is 0 Å². The van der Waals surface area contributed by atoms with Gasteiger partial charge in [0, 0.05) is 19.3 Å². The molecule has 0 aromatic heterocycles. The van der Waals surface area contributed by atoms with E-state index in [4.69, 9.17) is 14.2 Å². The van der Waals surface area contributed by atoms with E-state index in [0.717, 1.165) is 161 Å². The molecule has 0 saturated carbocycles. The van der Waals surface area contributed by atoms with Gasteiger partial charge in [-0.05, 0) is 122 Å². The highest BCUT2D eigenvalue weighted by Gasteiger charge is 2.19. The summed E-state index contributed by atoms with van der Waals surface area (Å²) in [6.07, 6.45) is 78.9. The van der Waals surface area contributed by atoms with Crippen LogP contribution in [0.1, 0.15) is 245 Å². The fraction of sp³-hybridized carbons (Fsp3) is 0.641. The van der Waals surface area contributed by atoms with Crippen LogP contribution in [0.15, 0.2) is 122 Å². The molecule has 0 saturated heterocycles. The van der Waals surface area contributed by atoms with Gasteiger partial charge in [-0.25, -0.2) is 0 Å². The lowest BCUT2D eigenvalue weighted by molar-refractivity contribution is -0.167. The minimum atomic E-state index is -0.802. The molecule has 0 aliphatic carbocycles. The molecule has 0 aromatic carbocycles. The third kappa shape index (κ3) is 54.7. The minimum Gasteiger partial charge on any atom is -0.462 e. The topological polar surface area (TPSA) is 78.9 Å². The second-order valence-corrected chi connectivity index (χ2v) is 18.4. The largest absolute Gasteiger partial charge is 0.462 e. The molecule has 0 aliphatic rings. The Morgan fingerprint density at radius 1 is 0.300 bits per heavy atom. The summed E-state index contributed by atoms with van der Waals surface area (Å²) in [4.78, 5) is 38.2. The first-order valence-electron chi connectivity index (χ1n) is 28.5. The van der Waals surface area contributed by atoms with E-state index >= 15 is 0 Å². The Hall–Kier alpha value is -4.19. The zero-order chi connectivity index (χ0) is 50.7. The lowest BCUT2D eigenvalue weighted by atomic mass is 10.1. The van der Waals surface area contributed by atoms with Gasteiger partial charge in [0.1, 0.15) is 13.2 Å². The quantitative estimate of drug-likeness (QED) is 0.0262. The van der Waals surface area contributed by atoms with Gasteiger partial charge in [-0.3, -0.25) is 14.4 Å². The average Bonchev–Trinajstić information content (AvgIpc) is 3.36. The van der Waals surface area contributed by atoms with Crippen molar-refractivity contribution in [2.45, 2.75) is 252 Å². The minimum absolute atomic E-state index is 0.0988. The predicted octanol–water partition coefficient (Wildman–Crippen LogP) is 19.3. The number of unbranched alkanes of at least 4 members (excludes halogenated alkanes) is 19. The number of allylic oxidation sites excluding steroid dienone is 20. The highest BCUT2D eigenvalue weighted by Crippen LogP contribution is 2.14. The van der Waals surface area contributed by atoms with Crippen LogP contribution in [-0.2, 0) is 28.6 Å². The van der Waals surface area contributed by atoms with Crippen LogP contribution in [0.3, 0.4) is 0 Å². The first kappa shape index (κ1) is 65.8. The Kier molecular flexibility index (Phi) is 54.0. The third-order valence-electron chi connectivity index (χ3n) is 11.7. The van der Waals surface area contributed by atoms with E-state index in [2.05, 4.69) is 142 Å². The molecule has 1 unspecified atom stereocenters. The Bertz CT molecular complexity index is 1490. The molecule has 0 aliphatic heterocycles. The summed E-state index contributed by atoms with van der Waals surface area (Å²) in [6, 6.07) is 0. The molecule has 396 valence electrons. The zero-order valence-electron chi connectivity index (χ0n) is 45.2. The summed E-state index contributed by atoms with van der Waals surface area (Å²) >= 11 is 0. The molecule has 0 spiro atoms. The molecular weight excluding hydrogens is 865 g/mol. The standard InChI is InChI=1S/C64H104O6/c1-4-7-10-13-16-19-22-25-28-30-31-32-33-35-36-39-42-45-48-51-54-57-63(66)69-60-61(59-68-62(65)56-53-50-47-44-41-38-27-24-21-18-15-12-9-6-3)70-64(67)58-55-52-49-46-43-40-37-34-29-26-23-20-17-14-11-8-5-2/h7-8,10-11,15-20,24-29,31-32,35-36,61H,4-6,9,12-14,21-23,30,33-34,37-60H2,1-3H3/b10-7-,11-8-,18-15-,19-16-,20-17-,27-24-,28-25-,29-26-,32-31-,36-35-. The molecule has 0 N–H and O–H groups in total. The van der Waals surface area contributed by atoms with Crippen LogP contribution in [0.2, 0.25) is 0 Å². The Balaban J connectivity index is 4.46. The SMILES string of the molecule is CC/C=C\C/C=C\C/C=C\C/C=C\C/C=C\CCCCCCCC(=O)OCC(COC(=O)CCCCCCC/C=C\C/C=C\CCCC)OC(=O)CCCCCCCCC/C=C\C/C=C\C/C=C\CC. The van der Waals surface area contributed by atoms with Crippen LogP contribution in [0.5, 0.6) is 0 Å². The van der Waals surface area contributed by atoms with E-state index in [0.29, 0.717) is 19.3 Å². The first-order valence-corrected chi connectivity index (χ1v) is 28.5. The molecule has 0 amide bonds. The fourth-order valence-electron chi connectivity index (χ4n) is 7.44. The maximum absolute atomic E-state index is 12.9. The summed E-state index contributed by atoms with van der Waals surface area (Å²) in [6.45, 7) is 6.33. The zero-order valence-corrected chi connectivity index (χ0v) is 45.2. The third-order valence-corrected chi connectivity index (χ3v) is 11.7. The van der Waals surface area contributed by atoms with Crippen molar-refractivity contribution < 1.29 is 28.6 Å². The predicted molar refractivity (Wildman–Crippen MR) is 302 cm³/mol. The molecule has 0 bridgehead atoms. The lowest BCUT2D eigenvalue weighted by Gasteiger charge is -2.18. The van der Waals surface area contributed by atoms with E-state index < -0.39 is 6.10 Å². The molecule has 1 atom stereocenters. The van der Waals surface area contributed by atoms with Gasteiger partial charge < -0.3 is 14.2 Å². The molecule has 6 nitrogen and oxygen atoms in total. The molecule has 0 radical (unpaired) electrons. The normalized spacial score (nSPS) is 13.0. The van der Waals surface area contributed by atoms with Crippen molar-refractivity contribution in [2.75, 3.05) is 13.2 Å². The Morgan fingerprint density at radius 2 is 0.557 bits per heavy atom. The van der Waals surface area contributed by atoms with Crippen LogP contribution in [0.25, 0.3) is 0 Å². The smallest absolute Gasteiger partial charge is 0.306 e. The van der Waals surface area contributed by atoms with Crippen molar-refractivity contribution in [1.82, 2.24) is 0 Å². The summed E-state index contributed by atoms with van der Waals surface area (Å²) in [5, 5.41) is 0. The van der Waals surface area contributed by atoms with Crippen molar-refractivity contribution >= 4 is 17.9 Å². The average molecular weight is 970 g/mol. The van der Waals surface area contributed by atoms with E-state index in [-0.39, 0.29) is 31.1 Å². The van der Waals surface area contributed by atoms with Crippen LogP contribution >= 0.6 is 0 Å². The molecular formula is C64H104O6. The summed E-state index contributed by atoms with van der Waals surface area (Å²) in [7, 11) is 0. The molecule has 70 heavy (non-hydrogen) atoms. The molecule has 0 fully saturated rings. The Labute approximate surface area is 431 Å². The highest BCUT2D eigenvalue weighted by molar-refractivity contribution is 5.71. The number of carbonyl (C=O) groups is 3. The van der Waals surface area contributed by atoms with Gasteiger partial charge in [0.15, 0.2) is 6.10 Å². The number of esters is 3. The molecule has 6 heteroatoms. The fourth-order valence-corrected chi connectivity index (χ4v) is 7.44. The van der Waals surface area contributed by atoms with Gasteiger partial charge in [-0.2, -0.15) is 0 Å². The monoisotopic (exact) mass is 969 g/mol. The number of ether oxygens (including phenoxy) is 3. The van der Waals surface area contributed by atoms with E-state index in [1.54, 1.807) is 0 Å². The lowest BCUT2D eigenvalue weighted by Crippen LogP contribution is -2.30. The van der Waals surface area contributed by atoms with Crippen LogP contribution in [0.4, 0.5) is 0 Å². The van der Waals surface area contributed by atoms with Crippen molar-refractivity contribution in [2.24, 2.45) is 0 Å². The summed E-state index contributed by atoms with van der Waals surface area (Å²) < 4.78 is 16.8. The molecule has 0 heterocycles. The van der Waals surface area contributed by atoms with Crippen molar-refractivity contribution in [1.29, 1.82) is 0 Å². The molecule has 0 aromatic rings. The summed E-state index contributed by atoms with van der Waals surface area (Å²) in [5.41, 5.74) is 0. The van der Waals surface area contributed by atoms with E-state index in [1.807, 2.05) is 0 Å². The number of rotatable bonds is 50. The van der Waals surface area contributed by atoms with E-state index in [9.17, 15) is 14.4 Å². The number of hydrogen-bond donors (Lipinski definition) is 0.